The highest BCUT2D eigenvalue weighted by atomic mass is 16.3. The van der Waals surface area contributed by atoms with Gasteiger partial charge in [0.1, 0.15) is 0 Å². The molecular formula is C59H103NO3. The van der Waals surface area contributed by atoms with Crippen LogP contribution in [0.3, 0.4) is 0 Å². The number of rotatable bonds is 48. The van der Waals surface area contributed by atoms with E-state index in [1.807, 2.05) is 6.08 Å². The van der Waals surface area contributed by atoms with Crippen molar-refractivity contribution in [3.63, 3.8) is 0 Å². The lowest BCUT2D eigenvalue weighted by Crippen LogP contribution is -2.45. The molecule has 4 heteroatoms. The third-order valence-corrected chi connectivity index (χ3v) is 11.8. The molecule has 4 nitrogen and oxygen atoms in total. The quantitative estimate of drug-likeness (QED) is 0.0421. The number of nitrogens with one attached hydrogen (secondary N) is 1. The molecule has 3 N–H and O–H groups in total. The van der Waals surface area contributed by atoms with Gasteiger partial charge in [-0.05, 0) is 77.0 Å². The van der Waals surface area contributed by atoms with E-state index in [-0.39, 0.29) is 12.5 Å². The van der Waals surface area contributed by atoms with Crippen LogP contribution in [0.2, 0.25) is 0 Å². The highest BCUT2D eigenvalue weighted by molar-refractivity contribution is 5.76. The van der Waals surface area contributed by atoms with Crippen LogP contribution in [-0.4, -0.2) is 34.9 Å². The van der Waals surface area contributed by atoms with Gasteiger partial charge >= 0.3 is 0 Å². The van der Waals surface area contributed by atoms with E-state index >= 15 is 0 Å². The average Bonchev–Trinajstić information content (AvgIpc) is 3.29. The fourth-order valence-electron chi connectivity index (χ4n) is 7.75. The molecule has 0 fully saturated rings. The largest absolute Gasteiger partial charge is 0.394 e. The van der Waals surface area contributed by atoms with Gasteiger partial charge in [-0.25, -0.2) is 0 Å². The summed E-state index contributed by atoms with van der Waals surface area (Å²) in [6.07, 6.45) is 79.7. The predicted octanol–water partition coefficient (Wildman–Crippen LogP) is 17.7. The SMILES string of the molecule is CC/C=C\C/C=C\C/C=C\C/C=C\C/C=C\C/C=C\C/C=C\CCCCCCCCCCCCCC(=O)NC(CO)C(O)/C=C/CCCCCCCCCCCCCCCCCC. The number of allylic oxidation sites excluding steroid dienone is 15. The van der Waals surface area contributed by atoms with Gasteiger partial charge < -0.3 is 15.5 Å². The van der Waals surface area contributed by atoms with Crippen molar-refractivity contribution in [1.29, 1.82) is 0 Å². The van der Waals surface area contributed by atoms with E-state index in [4.69, 9.17) is 0 Å². The number of hydrogen-bond acceptors (Lipinski definition) is 3. The van der Waals surface area contributed by atoms with Crippen molar-refractivity contribution in [2.45, 2.75) is 264 Å². The highest BCUT2D eigenvalue weighted by Gasteiger charge is 2.18. The lowest BCUT2D eigenvalue weighted by Gasteiger charge is -2.20. The van der Waals surface area contributed by atoms with Gasteiger partial charge in [0.25, 0.3) is 0 Å². The molecule has 0 aromatic carbocycles. The highest BCUT2D eigenvalue weighted by Crippen LogP contribution is 2.15. The number of aliphatic hydroxyl groups excluding tert-OH is 2. The molecule has 1 amide bonds. The number of hydrogen-bond donors (Lipinski definition) is 3. The van der Waals surface area contributed by atoms with E-state index in [0.717, 1.165) is 70.6 Å². The van der Waals surface area contributed by atoms with E-state index in [2.05, 4.69) is 104 Å². The summed E-state index contributed by atoms with van der Waals surface area (Å²) >= 11 is 0. The normalized spacial score (nSPS) is 13.7. The molecule has 63 heavy (non-hydrogen) atoms. The molecule has 0 rings (SSSR count). The topological polar surface area (TPSA) is 69.6 Å². The van der Waals surface area contributed by atoms with Gasteiger partial charge in [0.05, 0.1) is 18.8 Å². The van der Waals surface area contributed by atoms with Crippen LogP contribution in [0.5, 0.6) is 0 Å². The van der Waals surface area contributed by atoms with Crippen LogP contribution in [0.4, 0.5) is 0 Å². The molecule has 0 saturated heterocycles. The predicted molar refractivity (Wildman–Crippen MR) is 280 cm³/mol. The third kappa shape index (κ3) is 50.2. The lowest BCUT2D eigenvalue weighted by molar-refractivity contribution is -0.123. The van der Waals surface area contributed by atoms with Gasteiger partial charge in [-0.2, -0.15) is 0 Å². The van der Waals surface area contributed by atoms with Gasteiger partial charge in [-0.15, -0.1) is 0 Å². The van der Waals surface area contributed by atoms with Crippen LogP contribution in [0.1, 0.15) is 251 Å². The zero-order valence-electron chi connectivity index (χ0n) is 41.6. The summed E-state index contributed by atoms with van der Waals surface area (Å²) in [7, 11) is 0. The monoisotopic (exact) mass is 874 g/mol. The van der Waals surface area contributed by atoms with Gasteiger partial charge in [0.15, 0.2) is 0 Å². The molecule has 0 saturated carbocycles. The molecule has 2 unspecified atom stereocenters. The molecule has 0 bridgehead atoms. The first kappa shape index (κ1) is 60.3. The van der Waals surface area contributed by atoms with E-state index in [9.17, 15) is 15.0 Å². The van der Waals surface area contributed by atoms with Crippen molar-refractivity contribution in [3.8, 4) is 0 Å². The zero-order chi connectivity index (χ0) is 45.6. The van der Waals surface area contributed by atoms with Crippen molar-refractivity contribution in [2.24, 2.45) is 0 Å². The molecule has 362 valence electrons. The molecule has 0 spiro atoms. The molecule has 0 heterocycles. The fourth-order valence-corrected chi connectivity index (χ4v) is 7.75. The standard InChI is InChI=1S/C59H103NO3/c1-3-5-7-9-11-13-15-17-19-21-23-24-25-26-27-28-29-30-31-32-33-34-35-36-37-39-41-43-45-47-49-51-53-55-59(63)60-57(56-61)58(62)54-52-50-48-46-44-42-40-38-22-20-18-16-14-12-10-8-6-4-2/h5,7,11,13,17,19,23-24,26-27,29-30,32-33,52,54,57-58,61-62H,3-4,6,8-10,12,14-16,18,20-22,25,28,31,34-51,53,55-56H2,1-2H3,(H,60,63)/b7-5-,13-11-,19-17-,24-23-,27-26-,30-29-,33-32-,54-52+. The molecule has 2 atom stereocenters. The summed E-state index contributed by atoms with van der Waals surface area (Å²) in [4.78, 5) is 12.5. The second-order valence-corrected chi connectivity index (χ2v) is 17.9. The first-order chi connectivity index (χ1) is 31.2. The molecule has 0 aromatic rings. The molecule has 0 aliphatic carbocycles. The first-order valence-corrected chi connectivity index (χ1v) is 27.0. The number of carbonyl (C=O) groups excluding carboxylic acids is 1. The van der Waals surface area contributed by atoms with Gasteiger partial charge in [-0.3, -0.25) is 4.79 Å². The summed E-state index contributed by atoms with van der Waals surface area (Å²) in [6.45, 7) is 4.20. The van der Waals surface area contributed by atoms with E-state index in [1.54, 1.807) is 6.08 Å². The molecule has 0 radical (unpaired) electrons. The van der Waals surface area contributed by atoms with Crippen molar-refractivity contribution in [2.75, 3.05) is 6.61 Å². The molecule has 0 aliphatic heterocycles. The minimum Gasteiger partial charge on any atom is -0.394 e. The van der Waals surface area contributed by atoms with Gasteiger partial charge in [-0.1, -0.05) is 265 Å². The maximum absolute atomic E-state index is 12.5. The summed E-state index contributed by atoms with van der Waals surface area (Å²) in [5.41, 5.74) is 0. The Morgan fingerprint density at radius 1 is 0.397 bits per heavy atom. The summed E-state index contributed by atoms with van der Waals surface area (Å²) in [6, 6.07) is -0.630. The Balaban J connectivity index is 3.57. The first-order valence-electron chi connectivity index (χ1n) is 27.0. The number of carbonyl (C=O) groups is 1. The molecule has 0 aliphatic rings. The Kier molecular flexibility index (Phi) is 51.4. The van der Waals surface area contributed by atoms with Crippen molar-refractivity contribution in [1.82, 2.24) is 5.32 Å². The van der Waals surface area contributed by atoms with Crippen molar-refractivity contribution in [3.05, 3.63) is 97.2 Å². The summed E-state index contributed by atoms with van der Waals surface area (Å²) < 4.78 is 0. The van der Waals surface area contributed by atoms with Crippen LogP contribution < -0.4 is 5.32 Å². The number of aliphatic hydroxyl groups is 2. The van der Waals surface area contributed by atoms with Crippen LogP contribution in [0.25, 0.3) is 0 Å². The minimum absolute atomic E-state index is 0.0697. The Bertz CT molecular complexity index is 1170. The van der Waals surface area contributed by atoms with Crippen LogP contribution in [-0.2, 0) is 4.79 Å². The fraction of sp³-hybridized carbons (Fsp3) is 0.712. The Morgan fingerprint density at radius 3 is 1.05 bits per heavy atom. The van der Waals surface area contributed by atoms with Crippen molar-refractivity contribution < 1.29 is 15.0 Å². The maximum Gasteiger partial charge on any atom is 0.220 e. The average molecular weight is 874 g/mol. The molecule has 0 aromatic heterocycles. The number of unbranched alkanes of at least 4 members (excludes halogenated alkanes) is 27. The lowest BCUT2D eigenvalue weighted by atomic mass is 10.0. The van der Waals surface area contributed by atoms with E-state index < -0.39 is 12.1 Å². The maximum atomic E-state index is 12.5. The van der Waals surface area contributed by atoms with Gasteiger partial charge in [0, 0.05) is 6.42 Å². The Labute approximate surface area is 392 Å². The zero-order valence-corrected chi connectivity index (χ0v) is 41.6. The van der Waals surface area contributed by atoms with Crippen molar-refractivity contribution >= 4 is 5.91 Å². The Hall–Kier alpha value is -2.69. The molecular weight excluding hydrogens is 771 g/mol. The van der Waals surface area contributed by atoms with E-state index in [1.165, 1.54) is 161 Å². The second kappa shape index (κ2) is 53.6. The van der Waals surface area contributed by atoms with Crippen LogP contribution in [0.15, 0.2) is 97.2 Å². The smallest absolute Gasteiger partial charge is 0.220 e. The Morgan fingerprint density at radius 2 is 0.698 bits per heavy atom. The van der Waals surface area contributed by atoms with Crippen LogP contribution in [0, 0.1) is 0 Å². The second-order valence-electron chi connectivity index (χ2n) is 17.9. The summed E-state index contributed by atoms with van der Waals surface area (Å²) in [5.74, 6) is -0.0697. The minimum atomic E-state index is -0.846. The van der Waals surface area contributed by atoms with E-state index in [0.29, 0.717) is 6.42 Å². The summed E-state index contributed by atoms with van der Waals surface area (Å²) in [5, 5.41) is 23.1. The van der Waals surface area contributed by atoms with Crippen LogP contribution >= 0.6 is 0 Å². The third-order valence-electron chi connectivity index (χ3n) is 11.8. The van der Waals surface area contributed by atoms with Gasteiger partial charge in [0.2, 0.25) is 5.91 Å². The number of amides is 1.